The largest absolute Gasteiger partial charge is 0.477 e. The van der Waals surface area contributed by atoms with Crippen LogP contribution in [0.4, 0.5) is 0 Å². The van der Waals surface area contributed by atoms with Gasteiger partial charge in [-0.1, -0.05) is 13.0 Å². The highest BCUT2D eigenvalue weighted by molar-refractivity contribution is 5.80. The van der Waals surface area contributed by atoms with Gasteiger partial charge in [0.1, 0.15) is 0 Å². The number of hydrogen-bond acceptors (Lipinski definition) is 3. The Morgan fingerprint density at radius 1 is 1.38 bits per heavy atom. The average molecular weight is 290 g/mol. The summed E-state index contributed by atoms with van der Waals surface area (Å²) in [7, 11) is 0. The van der Waals surface area contributed by atoms with Gasteiger partial charge in [0.2, 0.25) is 5.88 Å². The number of ether oxygens (including phenoxy) is 1. The molecule has 2 rings (SSSR count). The number of likely N-dealkylation sites (tertiary alicyclic amines) is 1. The predicted molar refractivity (Wildman–Crippen MR) is 85.6 cm³/mol. The quantitative estimate of drug-likeness (QED) is 0.646. The number of hydrogen-bond donors (Lipinski definition) is 1. The molecule has 1 aliphatic rings. The third-order valence-electron chi connectivity index (χ3n) is 3.43. The summed E-state index contributed by atoms with van der Waals surface area (Å²) in [5.74, 6) is 1.71. The summed E-state index contributed by atoms with van der Waals surface area (Å²) in [6.07, 6.45) is 5.25. The molecule has 0 atom stereocenters. The summed E-state index contributed by atoms with van der Waals surface area (Å²) in [5, 5.41) is 3.37. The number of guanidine groups is 1. The molecule has 0 aromatic carbocycles. The summed E-state index contributed by atoms with van der Waals surface area (Å²) in [6.45, 7) is 8.58. The van der Waals surface area contributed by atoms with E-state index in [1.807, 2.05) is 12.1 Å². The van der Waals surface area contributed by atoms with Crippen molar-refractivity contribution in [2.45, 2.75) is 39.7 Å². The normalized spacial score (nSPS) is 15.3. The van der Waals surface area contributed by atoms with Crippen LogP contribution in [0.3, 0.4) is 0 Å². The smallest absolute Gasteiger partial charge is 0.218 e. The topological polar surface area (TPSA) is 49.8 Å². The molecule has 0 radical (unpaired) electrons. The SMILES string of the molecule is CCCOc1ncccc1CN=C(NCC)N1CCCC1. The van der Waals surface area contributed by atoms with Gasteiger partial charge in [0.25, 0.3) is 0 Å². The summed E-state index contributed by atoms with van der Waals surface area (Å²) in [4.78, 5) is 11.4. The van der Waals surface area contributed by atoms with Crippen molar-refractivity contribution in [2.75, 3.05) is 26.2 Å². The second kappa shape index (κ2) is 8.49. The molecule has 1 aromatic heterocycles. The minimum atomic E-state index is 0.603. The minimum Gasteiger partial charge on any atom is -0.477 e. The van der Waals surface area contributed by atoms with Crippen molar-refractivity contribution in [3.05, 3.63) is 23.9 Å². The first kappa shape index (κ1) is 15.6. The lowest BCUT2D eigenvalue weighted by Crippen LogP contribution is -2.39. The van der Waals surface area contributed by atoms with E-state index in [4.69, 9.17) is 9.73 Å². The second-order valence-electron chi connectivity index (χ2n) is 5.18. The molecule has 1 aromatic rings. The van der Waals surface area contributed by atoms with Crippen molar-refractivity contribution >= 4 is 5.96 Å². The third kappa shape index (κ3) is 4.62. The van der Waals surface area contributed by atoms with Crippen LogP contribution in [0.15, 0.2) is 23.3 Å². The molecule has 0 aliphatic carbocycles. The van der Waals surface area contributed by atoms with Crippen LogP contribution in [-0.2, 0) is 6.54 Å². The Bertz CT molecular complexity index is 455. The first-order valence-corrected chi connectivity index (χ1v) is 7.95. The van der Waals surface area contributed by atoms with Gasteiger partial charge in [-0.15, -0.1) is 0 Å². The van der Waals surface area contributed by atoms with Crippen molar-refractivity contribution in [2.24, 2.45) is 4.99 Å². The van der Waals surface area contributed by atoms with Crippen LogP contribution in [-0.4, -0.2) is 42.1 Å². The molecular formula is C16H26N4O. The van der Waals surface area contributed by atoms with Crippen LogP contribution in [0.5, 0.6) is 5.88 Å². The van der Waals surface area contributed by atoms with E-state index < -0.39 is 0 Å². The van der Waals surface area contributed by atoms with Crippen molar-refractivity contribution in [1.82, 2.24) is 15.2 Å². The van der Waals surface area contributed by atoms with Crippen molar-refractivity contribution < 1.29 is 4.74 Å². The Labute approximate surface area is 127 Å². The summed E-state index contributed by atoms with van der Waals surface area (Å²) >= 11 is 0. The van der Waals surface area contributed by atoms with Crippen LogP contribution in [0.25, 0.3) is 0 Å². The molecule has 1 aliphatic heterocycles. The van der Waals surface area contributed by atoms with E-state index in [0.717, 1.165) is 37.6 Å². The lowest BCUT2D eigenvalue weighted by molar-refractivity contribution is 0.302. The molecule has 1 saturated heterocycles. The first-order chi connectivity index (χ1) is 10.3. The molecule has 0 amide bonds. The fraction of sp³-hybridized carbons (Fsp3) is 0.625. The molecule has 1 fully saturated rings. The van der Waals surface area contributed by atoms with Gasteiger partial charge in [0.05, 0.1) is 13.2 Å². The van der Waals surface area contributed by atoms with Gasteiger partial charge in [-0.05, 0) is 32.3 Å². The molecule has 116 valence electrons. The first-order valence-electron chi connectivity index (χ1n) is 7.95. The zero-order valence-electron chi connectivity index (χ0n) is 13.1. The molecular weight excluding hydrogens is 264 g/mol. The Kier molecular flexibility index (Phi) is 6.31. The Morgan fingerprint density at radius 2 is 2.19 bits per heavy atom. The van der Waals surface area contributed by atoms with Gasteiger partial charge in [-0.3, -0.25) is 0 Å². The minimum absolute atomic E-state index is 0.603. The van der Waals surface area contributed by atoms with Crippen LogP contribution in [0.1, 0.15) is 38.7 Å². The molecule has 21 heavy (non-hydrogen) atoms. The number of aliphatic imine (C=N–C) groups is 1. The van der Waals surface area contributed by atoms with Gasteiger partial charge in [-0.25, -0.2) is 9.98 Å². The van der Waals surface area contributed by atoms with E-state index in [9.17, 15) is 0 Å². The number of aromatic nitrogens is 1. The summed E-state index contributed by atoms with van der Waals surface area (Å²) in [6, 6.07) is 3.97. The molecule has 0 bridgehead atoms. The van der Waals surface area contributed by atoms with Gasteiger partial charge < -0.3 is 15.0 Å². The zero-order valence-corrected chi connectivity index (χ0v) is 13.1. The fourth-order valence-corrected chi connectivity index (χ4v) is 2.39. The molecule has 1 N–H and O–H groups in total. The lowest BCUT2D eigenvalue weighted by Gasteiger charge is -2.20. The maximum atomic E-state index is 5.69. The highest BCUT2D eigenvalue weighted by Gasteiger charge is 2.15. The third-order valence-corrected chi connectivity index (χ3v) is 3.43. The van der Waals surface area contributed by atoms with E-state index in [1.54, 1.807) is 6.20 Å². The molecule has 5 nitrogen and oxygen atoms in total. The fourth-order valence-electron chi connectivity index (χ4n) is 2.39. The number of nitrogens with one attached hydrogen (secondary N) is 1. The number of rotatable bonds is 6. The number of nitrogens with zero attached hydrogens (tertiary/aromatic N) is 3. The Morgan fingerprint density at radius 3 is 2.90 bits per heavy atom. The molecule has 0 saturated carbocycles. The highest BCUT2D eigenvalue weighted by Crippen LogP contribution is 2.16. The second-order valence-corrected chi connectivity index (χ2v) is 5.18. The monoisotopic (exact) mass is 290 g/mol. The summed E-state index contributed by atoms with van der Waals surface area (Å²) < 4.78 is 5.69. The van der Waals surface area contributed by atoms with E-state index in [0.29, 0.717) is 19.0 Å². The van der Waals surface area contributed by atoms with Crippen molar-refractivity contribution in [3.8, 4) is 5.88 Å². The lowest BCUT2D eigenvalue weighted by atomic mass is 10.3. The maximum absolute atomic E-state index is 5.69. The van der Waals surface area contributed by atoms with Crippen molar-refractivity contribution in [1.29, 1.82) is 0 Å². The molecule has 0 unspecified atom stereocenters. The van der Waals surface area contributed by atoms with Crippen LogP contribution in [0.2, 0.25) is 0 Å². The average Bonchev–Trinajstić information content (AvgIpc) is 3.04. The van der Waals surface area contributed by atoms with Gasteiger partial charge in [-0.2, -0.15) is 0 Å². The van der Waals surface area contributed by atoms with Crippen LogP contribution < -0.4 is 10.1 Å². The van der Waals surface area contributed by atoms with Gasteiger partial charge in [0, 0.05) is 31.4 Å². The predicted octanol–water partition coefficient (Wildman–Crippen LogP) is 2.43. The Hall–Kier alpha value is -1.78. The van der Waals surface area contributed by atoms with Crippen LogP contribution >= 0.6 is 0 Å². The molecule has 0 spiro atoms. The standard InChI is InChI=1S/C16H26N4O/c1-3-12-21-15-14(8-7-9-18-15)13-19-16(17-4-2)20-10-5-6-11-20/h7-9H,3-6,10-13H2,1-2H3,(H,17,19). The summed E-state index contributed by atoms with van der Waals surface area (Å²) in [5.41, 5.74) is 1.04. The van der Waals surface area contributed by atoms with Gasteiger partial charge in [0.15, 0.2) is 5.96 Å². The Balaban J connectivity index is 2.06. The van der Waals surface area contributed by atoms with E-state index in [1.165, 1.54) is 12.8 Å². The van der Waals surface area contributed by atoms with Crippen LogP contribution in [0, 0.1) is 0 Å². The molecule has 5 heteroatoms. The van der Waals surface area contributed by atoms with E-state index in [-0.39, 0.29) is 0 Å². The van der Waals surface area contributed by atoms with Crippen molar-refractivity contribution in [3.63, 3.8) is 0 Å². The zero-order chi connectivity index (χ0) is 14.9. The maximum Gasteiger partial charge on any atom is 0.218 e. The number of pyridine rings is 1. The highest BCUT2D eigenvalue weighted by atomic mass is 16.5. The van der Waals surface area contributed by atoms with Gasteiger partial charge >= 0.3 is 0 Å². The van der Waals surface area contributed by atoms with E-state index in [2.05, 4.69) is 29.0 Å². The molecule has 2 heterocycles. The van der Waals surface area contributed by atoms with E-state index >= 15 is 0 Å².